The minimum Gasteiger partial charge on any atom is -0.380 e. The second kappa shape index (κ2) is 5.95. The Hall–Kier alpha value is -0.910. The third kappa shape index (κ3) is 2.94. The molecule has 2 saturated heterocycles. The lowest BCUT2D eigenvalue weighted by atomic mass is 9.82. The second-order valence-corrected chi connectivity index (χ2v) is 7.90. The Morgan fingerprint density at radius 3 is 3.18 bits per heavy atom. The molecule has 4 rings (SSSR count). The van der Waals surface area contributed by atoms with Gasteiger partial charge >= 0.3 is 0 Å². The standard InChI is InChI=1S/C17H23NO3S/c19-16(5-14-3-4-22-9-14)18-6-15-8-21-12-17(15,10-18)11-20-7-13-1-2-13/h3-4,9,13,15H,1-2,5-8,10-12H2/t15-,17-/m1/s1. The fraction of sp³-hybridized carbons (Fsp3) is 0.706. The zero-order valence-electron chi connectivity index (χ0n) is 12.8. The highest BCUT2D eigenvalue weighted by Crippen LogP contribution is 2.42. The number of ether oxygens (including phenoxy) is 2. The van der Waals surface area contributed by atoms with Crippen LogP contribution in [0.3, 0.4) is 0 Å². The zero-order valence-corrected chi connectivity index (χ0v) is 13.6. The molecule has 1 aliphatic carbocycles. The average molecular weight is 321 g/mol. The van der Waals surface area contributed by atoms with E-state index >= 15 is 0 Å². The van der Waals surface area contributed by atoms with E-state index in [1.807, 2.05) is 16.3 Å². The highest BCUT2D eigenvalue weighted by molar-refractivity contribution is 7.07. The van der Waals surface area contributed by atoms with Crippen LogP contribution in [0.25, 0.3) is 0 Å². The van der Waals surface area contributed by atoms with Gasteiger partial charge in [0.2, 0.25) is 5.91 Å². The summed E-state index contributed by atoms with van der Waals surface area (Å²) in [7, 11) is 0. The van der Waals surface area contributed by atoms with Crippen molar-refractivity contribution in [3.8, 4) is 0 Å². The number of amides is 1. The fourth-order valence-electron chi connectivity index (χ4n) is 3.62. The Morgan fingerprint density at radius 1 is 1.50 bits per heavy atom. The lowest BCUT2D eigenvalue weighted by Gasteiger charge is -2.27. The van der Waals surface area contributed by atoms with Crippen LogP contribution >= 0.6 is 11.3 Å². The molecule has 0 N–H and O–H groups in total. The summed E-state index contributed by atoms with van der Waals surface area (Å²) in [6, 6.07) is 2.04. The predicted molar refractivity (Wildman–Crippen MR) is 84.9 cm³/mol. The smallest absolute Gasteiger partial charge is 0.227 e. The van der Waals surface area contributed by atoms with E-state index in [2.05, 4.69) is 5.38 Å². The number of carbonyl (C=O) groups excluding carboxylic acids is 1. The zero-order chi connectivity index (χ0) is 15.0. The van der Waals surface area contributed by atoms with Gasteiger partial charge in [-0.05, 0) is 41.1 Å². The largest absolute Gasteiger partial charge is 0.380 e. The van der Waals surface area contributed by atoms with Crippen LogP contribution in [0.4, 0.5) is 0 Å². The lowest BCUT2D eigenvalue weighted by molar-refractivity contribution is -0.130. The van der Waals surface area contributed by atoms with E-state index in [-0.39, 0.29) is 11.3 Å². The molecule has 0 radical (unpaired) electrons. The lowest BCUT2D eigenvalue weighted by Crippen LogP contribution is -2.37. The van der Waals surface area contributed by atoms with Crippen LogP contribution in [-0.2, 0) is 20.7 Å². The molecule has 2 aliphatic heterocycles. The fourth-order valence-corrected chi connectivity index (χ4v) is 4.29. The van der Waals surface area contributed by atoms with E-state index < -0.39 is 0 Å². The first-order valence-electron chi connectivity index (χ1n) is 8.19. The van der Waals surface area contributed by atoms with Crippen molar-refractivity contribution in [2.45, 2.75) is 19.3 Å². The number of fused-ring (bicyclic) bond motifs is 1. The van der Waals surface area contributed by atoms with Crippen molar-refractivity contribution in [1.82, 2.24) is 4.90 Å². The van der Waals surface area contributed by atoms with Crippen molar-refractivity contribution < 1.29 is 14.3 Å². The molecule has 5 heteroatoms. The first-order valence-corrected chi connectivity index (χ1v) is 9.14. The Bertz CT molecular complexity index is 528. The second-order valence-electron chi connectivity index (χ2n) is 7.12. The van der Waals surface area contributed by atoms with E-state index in [4.69, 9.17) is 9.47 Å². The summed E-state index contributed by atoms with van der Waals surface area (Å²) in [6.45, 7) is 4.77. The van der Waals surface area contributed by atoms with Crippen LogP contribution in [0.2, 0.25) is 0 Å². The average Bonchev–Trinajstić information content (AvgIpc) is 2.89. The van der Waals surface area contributed by atoms with Crippen LogP contribution in [0.5, 0.6) is 0 Å². The van der Waals surface area contributed by atoms with Crippen molar-refractivity contribution in [2.75, 3.05) is 39.5 Å². The number of nitrogens with zero attached hydrogens (tertiary/aromatic N) is 1. The Balaban J connectivity index is 1.36. The molecule has 0 spiro atoms. The maximum atomic E-state index is 12.5. The summed E-state index contributed by atoms with van der Waals surface area (Å²) in [5, 5.41) is 4.09. The van der Waals surface area contributed by atoms with Crippen molar-refractivity contribution in [3.63, 3.8) is 0 Å². The van der Waals surface area contributed by atoms with Gasteiger partial charge < -0.3 is 14.4 Å². The molecule has 3 aliphatic rings. The summed E-state index contributed by atoms with van der Waals surface area (Å²) < 4.78 is 11.7. The van der Waals surface area contributed by atoms with Crippen LogP contribution in [-0.4, -0.2) is 50.3 Å². The topological polar surface area (TPSA) is 38.8 Å². The van der Waals surface area contributed by atoms with Crippen LogP contribution in [0.1, 0.15) is 18.4 Å². The summed E-state index contributed by atoms with van der Waals surface area (Å²) in [5.41, 5.74) is 1.17. The molecule has 4 nitrogen and oxygen atoms in total. The Kier molecular flexibility index (Phi) is 3.96. The minimum absolute atomic E-state index is 0.0409. The molecule has 1 aromatic heterocycles. The molecular formula is C17H23NO3S. The van der Waals surface area contributed by atoms with Gasteiger partial charge in [0, 0.05) is 31.0 Å². The van der Waals surface area contributed by atoms with E-state index in [0.29, 0.717) is 12.3 Å². The summed E-state index contributed by atoms with van der Waals surface area (Å²) in [5.74, 6) is 1.47. The molecule has 0 bridgehead atoms. The first-order chi connectivity index (χ1) is 10.8. The van der Waals surface area contributed by atoms with Crippen LogP contribution < -0.4 is 0 Å². The molecule has 3 heterocycles. The van der Waals surface area contributed by atoms with Gasteiger partial charge in [0.15, 0.2) is 0 Å². The quantitative estimate of drug-likeness (QED) is 0.806. The summed E-state index contributed by atoms with van der Waals surface area (Å²) in [4.78, 5) is 14.6. The van der Waals surface area contributed by atoms with Gasteiger partial charge in [0.05, 0.1) is 26.2 Å². The molecule has 1 amide bonds. The third-order valence-corrected chi connectivity index (χ3v) is 5.98. The highest BCUT2D eigenvalue weighted by atomic mass is 32.1. The number of hydrogen-bond donors (Lipinski definition) is 0. The van der Waals surface area contributed by atoms with Crippen LogP contribution in [0.15, 0.2) is 16.8 Å². The minimum atomic E-state index is 0.0409. The maximum absolute atomic E-state index is 12.5. The molecule has 3 fully saturated rings. The molecule has 1 saturated carbocycles. The molecule has 22 heavy (non-hydrogen) atoms. The third-order valence-electron chi connectivity index (χ3n) is 5.25. The van der Waals surface area contributed by atoms with Crippen LogP contribution in [0, 0.1) is 17.3 Å². The van der Waals surface area contributed by atoms with Gasteiger partial charge in [-0.25, -0.2) is 0 Å². The Morgan fingerprint density at radius 2 is 2.41 bits per heavy atom. The van der Waals surface area contributed by atoms with Gasteiger partial charge in [-0.2, -0.15) is 11.3 Å². The first kappa shape index (κ1) is 14.7. The summed E-state index contributed by atoms with van der Waals surface area (Å²) >= 11 is 1.65. The monoisotopic (exact) mass is 321 g/mol. The number of hydrogen-bond acceptors (Lipinski definition) is 4. The van der Waals surface area contributed by atoms with E-state index in [1.54, 1.807) is 11.3 Å². The molecule has 2 atom stereocenters. The van der Waals surface area contributed by atoms with Crippen molar-refractivity contribution in [1.29, 1.82) is 0 Å². The molecule has 0 unspecified atom stereocenters. The normalized spacial score (nSPS) is 30.7. The Labute approximate surface area is 135 Å². The van der Waals surface area contributed by atoms with E-state index in [0.717, 1.165) is 51.0 Å². The van der Waals surface area contributed by atoms with E-state index in [9.17, 15) is 4.79 Å². The van der Waals surface area contributed by atoms with E-state index in [1.165, 1.54) is 12.8 Å². The number of likely N-dealkylation sites (tertiary alicyclic amines) is 1. The van der Waals surface area contributed by atoms with Gasteiger partial charge in [-0.15, -0.1) is 0 Å². The molecule has 0 aromatic carbocycles. The van der Waals surface area contributed by atoms with Gasteiger partial charge in [0.1, 0.15) is 0 Å². The van der Waals surface area contributed by atoms with Crippen molar-refractivity contribution >= 4 is 17.2 Å². The van der Waals surface area contributed by atoms with Gasteiger partial charge in [0.25, 0.3) is 0 Å². The highest BCUT2D eigenvalue weighted by Gasteiger charge is 2.52. The molecular weight excluding hydrogens is 298 g/mol. The maximum Gasteiger partial charge on any atom is 0.227 e. The number of rotatable bonds is 6. The van der Waals surface area contributed by atoms with Gasteiger partial charge in [-0.1, -0.05) is 0 Å². The number of thiophene rings is 1. The SMILES string of the molecule is O=C(Cc1ccsc1)N1C[C@@H]2COC[C@]2(COCC2CC2)C1. The number of carbonyl (C=O) groups is 1. The van der Waals surface area contributed by atoms with Crippen molar-refractivity contribution in [2.24, 2.45) is 17.3 Å². The molecule has 120 valence electrons. The molecule has 1 aromatic rings. The predicted octanol–water partition coefficient (Wildman–Crippen LogP) is 2.19. The summed E-state index contributed by atoms with van der Waals surface area (Å²) in [6.07, 6.45) is 3.16. The van der Waals surface area contributed by atoms with Gasteiger partial charge in [-0.3, -0.25) is 4.79 Å². The van der Waals surface area contributed by atoms with Crippen molar-refractivity contribution in [3.05, 3.63) is 22.4 Å².